The van der Waals surface area contributed by atoms with Gasteiger partial charge in [-0.25, -0.2) is 14.7 Å². The fourth-order valence-corrected chi connectivity index (χ4v) is 3.32. The lowest BCUT2D eigenvalue weighted by Crippen LogP contribution is -2.29. The summed E-state index contributed by atoms with van der Waals surface area (Å²) >= 11 is 0. The van der Waals surface area contributed by atoms with E-state index in [0.717, 1.165) is 10.5 Å². The second kappa shape index (κ2) is 8.51. The first-order chi connectivity index (χ1) is 15.0. The van der Waals surface area contributed by atoms with E-state index in [1.807, 2.05) is 37.3 Å². The summed E-state index contributed by atoms with van der Waals surface area (Å²) in [6, 6.07) is 14.6. The number of benzene rings is 2. The summed E-state index contributed by atoms with van der Waals surface area (Å²) in [5, 5.41) is 0. The van der Waals surface area contributed by atoms with Gasteiger partial charge in [0, 0.05) is 17.7 Å². The fraction of sp³-hybridized carbons (Fsp3) is 0.261. The molecule has 0 bridgehead atoms. The van der Waals surface area contributed by atoms with Crippen molar-refractivity contribution in [2.75, 3.05) is 13.7 Å². The van der Waals surface area contributed by atoms with E-state index in [-0.39, 0.29) is 13.2 Å². The molecule has 31 heavy (non-hydrogen) atoms. The Morgan fingerprint density at radius 3 is 2.55 bits per heavy atom. The number of ether oxygens (including phenoxy) is 3. The van der Waals surface area contributed by atoms with Gasteiger partial charge in [0.05, 0.1) is 7.11 Å². The molecule has 8 nitrogen and oxygen atoms in total. The average Bonchev–Trinajstić information content (AvgIpc) is 3.31. The number of rotatable bonds is 7. The summed E-state index contributed by atoms with van der Waals surface area (Å²) in [7, 11) is 1.50. The Hall–Kier alpha value is -3.81. The Kier molecular flexibility index (Phi) is 5.62. The fourth-order valence-electron chi connectivity index (χ4n) is 3.32. The van der Waals surface area contributed by atoms with E-state index in [1.54, 1.807) is 25.1 Å². The lowest BCUT2D eigenvalue weighted by molar-refractivity contribution is -0.129. The monoisotopic (exact) mass is 422 g/mol. The van der Waals surface area contributed by atoms with Crippen LogP contribution in [0.15, 0.2) is 52.9 Å². The number of cyclic esters (lactones) is 1. The highest BCUT2D eigenvalue weighted by Gasteiger charge is 2.40. The quantitative estimate of drug-likeness (QED) is 0.561. The number of amides is 2. The number of imide groups is 1. The van der Waals surface area contributed by atoms with E-state index >= 15 is 0 Å². The number of oxazole rings is 1. The third kappa shape index (κ3) is 3.96. The predicted octanol–water partition coefficient (Wildman–Crippen LogP) is 4.28. The molecule has 1 fully saturated rings. The van der Waals surface area contributed by atoms with Gasteiger partial charge in [-0.3, -0.25) is 4.79 Å². The summed E-state index contributed by atoms with van der Waals surface area (Å²) in [4.78, 5) is 29.8. The standard InChI is InChI=1S/C23H22N2O6/c1-4-25-22(26)20(31-23(25)27)16-10-11-18(19(12-16)28-3)29-13-17-14(2)30-21(24-17)15-8-6-5-7-9-15/h5-12,20H,4,13H2,1-3H3. The number of carbonyl (C=O) groups is 2. The molecule has 0 spiro atoms. The van der Waals surface area contributed by atoms with E-state index in [0.29, 0.717) is 34.4 Å². The van der Waals surface area contributed by atoms with Crippen LogP contribution >= 0.6 is 0 Å². The van der Waals surface area contributed by atoms with Gasteiger partial charge in [-0.15, -0.1) is 0 Å². The van der Waals surface area contributed by atoms with Gasteiger partial charge in [0.2, 0.25) is 12.0 Å². The van der Waals surface area contributed by atoms with Crippen molar-refractivity contribution in [3.63, 3.8) is 0 Å². The molecule has 0 saturated carbocycles. The SMILES string of the molecule is CCN1C(=O)OC(c2ccc(OCc3nc(-c4ccccc4)oc3C)c(OC)c2)C1=O. The maximum absolute atomic E-state index is 12.4. The van der Waals surface area contributed by atoms with Crippen LogP contribution in [0.5, 0.6) is 11.5 Å². The van der Waals surface area contributed by atoms with Crippen LogP contribution in [0.25, 0.3) is 11.5 Å². The molecule has 1 unspecified atom stereocenters. The lowest BCUT2D eigenvalue weighted by Gasteiger charge is -2.13. The van der Waals surface area contributed by atoms with Crippen LogP contribution in [-0.4, -0.2) is 35.5 Å². The first-order valence-corrected chi connectivity index (χ1v) is 9.86. The van der Waals surface area contributed by atoms with Crippen molar-refractivity contribution in [1.82, 2.24) is 9.88 Å². The smallest absolute Gasteiger partial charge is 0.417 e. The number of carbonyl (C=O) groups excluding carboxylic acids is 2. The van der Waals surface area contributed by atoms with Crippen LogP contribution in [0.4, 0.5) is 4.79 Å². The normalized spacial score (nSPS) is 15.8. The molecular weight excluding hydrogens is 400 g/mol. The zero-order valence-electron chi connectivity index (χ0n) is 17.5. The van der Waals surface area contributed by atoms with Crippen molar-refractivity contribution in [2.24, 2.45) is 0 Å². The molecule has 1 aliphatic heterocycles. The van der Waals surface area contributed by atoms with Crippen molar-refractivity contribution in [1.29, 1.82) is 0 Å². The number of methoxy groups -OCH3 is 1. The molecule has 0 aliphatic carbocycles. The summed E-state index contributed by atoms with van der Waals surface area (Å²) < 4.78 is 22.3. The van der Waals surface area contributed by atoms with Gasteiger partial charge in [-0.05, 0) is 38.1 Å². The summed E-state index contributed by atoms with van der Waals surface area (Å²) in [5.74, 6) is 1.69. The highest BCUT2D eigenvalue weighted by atomic mass is 16.6. The first kappa shape index (κ1) is 20.5. The molecule has 3 aromatic rings. The number of hydrogen-bond acceptors (Lipinski definition) is 7. The zero-order chi connectivity index (χ0) is 22.0. The molecule has 1 atom stereocenters. The molecule has 160 valence electrons. The van der Waals surface area contributed by atoms with Gasteiger partial charge in [-0.1, -0.05) is 24.3 Å². The molecule has 4 rings (SSSR count). The van der Waals surface area contributed by atoms with Gasteiger partial charge in [0.15, 0.2) is 11.5 Å². The Bertz CT molecular complexity index is 1110. The Morgan fingerprint density at radius 1 is 1.10 bits per heavy atom. The first-order valence-electron chi connectivity index (χ1n) is 9.86. The highest BCUT2D eigenvalue weighted by molar-refractivity contribution is 6.00. The third-order valence-electron chi connectivity index (χ3n) is 5.01. The molecule has 8 heteroatoms. The number of nitrogens with zero attached hydrogens (tertiary/aromatic N) is 2. The molecule has 0 radical (unpaired) electrons. The van der Waals surface area contributed by atoms with Crippen LogP contribution in [0.2, 0.25) is 0 Å². The lowest BCUT2D eigenvalue weighted by atomic mass is 10.1. The zero-order valence-corrected chi connectivity index (χ0v) is 17.5. The minimum Gasteiger partial charge on any atom is -0.493 e. The Morgan fingerprint density at radius 2 is 1.87 bits per heavy atom. The number of likely N-dealkylation sites (N-methyl/N-ethyl adjacent to an activating group) is 1. The summed E-state index contributed by atoms with van der Waals surface area (Å²) in [5.41, 5.74) is 2.07. The van der Waals surface area contributed by atoms with Crippen LogP contribution in [0, 0.1) is 6.92 Å². The second-order valence-electron chi connectivity index (χ2n) is 6.93. The van der Waals surface area contributed by atoms with Crippen LogP contribution in [-0.2, 0) is 16.1 Å². The van der Waals surface area contributed by atoms with Crippen molar-refractivity contribution in [3.05, 3.63) is 65.5 Å². The molecular formula is C23H22N2O6. The van der Waals surface area contributed by atoms with E-state index in [1.165, 1.54) is 7.11 Å². The summed E-state index contributed by atoms with van der Waals surface area (Å²) in [6.45, 7) is 3.99. The molecule has 2 heterocycles. The Labute approximate surface area is 179 Å². The van der Waals surface area contributed by atoms with Crippen molar-refractivity contribution >= 4 is 12.0 Å². The molecule has 0 N–H and O–H groups in total. The van der Waals surface area contributed by atoms with Crippen LogP contribution in [0.3, 0.4) is 0 Å². The van der Waals surface area contributed by atoms with E-state index < -0.39 is 18.1 Å². The van der Waals surface area contributed by atoms with Gasteiger partial charge >= 0.3 is 6.09 Å². The van der Waals surface area contributed by atoms with Gasteiger partial charge < -0.3 is 18.6 Å². The van der Waals surface area contributed by atoms with E-state index in [2.05, 4.69) is 4.98 Å². The predicted molar refractivity (Wildman–Crippen MR) is 111 cm³/mol. The second-order valence-corrected chi connectivity index (χ2v) is 6.93. The van der Waals surface area contributed by atoms with Crippen molar-refractivity contribution < 1.29 is 28.2 Å². The number of aromatic nitrogens is 1. The van der Waals surface area contributed by atoms with Gasteiger partial charge in [0.25, 0.3) is 5.91 Å². The molecule has 2 aromatic carbocycles. The third-order valence-corrected chi connectivity index (χ3v) is 5.01. The largest absolute Gasteiger partial charge is 0.493 e. The Balaban J connectivity index is 1.51. The van der Waals surface area contributed by atoms with Crippen LogP contribution < -0.4 is 9.47 Å². The van der Waals surface area contributed by atoms with Crippen molar-refractivity contribution in [2.45, 2.75) is 26.6 Å². The van der Waals surface area contributed by atoms with E-state index in [9.17, 15) is 9.59 Å². The highest BCUT2D eigenvalue weighted by Crippen LogP contribution is 2.35. The van der Waals surface area contributed by atoms with E-state index in [4.69, 9.17) is 18.6 Å². The molecule has 1 aromatic heterocycles. The summed E-state index contributed by atoms with van der Waals surface area (Å²) in [6.07, 6.45) is -1.63. The number of hydrogen-bond donors (Lipinski definition) is 0. The minimum absolute atomic E-state index is 0.179. The molecule has 2 amide bonds. The van der Waals surface area contributed by atoms with Crippen LogP contribution in [0.1, 0.15) is 30.0 Å². The average molecular weight is 422 g/mol. The van der Waals surface area contributed by atoms with Gasteiger partial charge in [0.1, 0.15) is 18.1 Å². The maximum atomic E-state index is 12.4. The maximum Gasteiger partial charge on any atom is 0.417 e. The topological polar surface area (TPSA) is 91.1 Å². The number of aryl methyl sites for hydroxylation is 1. The molecule has 1 saturated heterocycles. The molecule has 1 aliphatic rings. The van der Waals surface area contributed by atoms with Gasteiger partial charge in [-0.2, -0.15) is 0 Å². The van der Waals surface area contributed by atoms with Crippen molar-refractivity contribution in [3.8, 4) is 23.0 Å². The minimum atomic E-state index is -0.985.